The van der Waals surface area contributed by atoms with Crippen LogP contribution in [0.4, 0.5) is 0 Å². The summed E-state index contributed by atoms with van der Waals surface area (Å²) in [6.07, 6.45) is 2.34. The van der Waals surface area contributed by atoms with Gasteiger partial charge >= 0.3 is 0 Å². The number of benzene rings is 1. The van der Waals surface area contributed by atoms with E-state index in [1.807, 2.05) is 14.0 Å². The maximum Gasteiger partial charge on any atom is 0.247 e. The molecule has 0 heterocycles. The van der Waals surface area contributed by atoms with Crippen LogP contribution >= 0.6 is 0 Å². The summed E-state index contributed by atoms with van der Waals surface area (Å²) in [5, 5.41) is 3.03. The van der Waals surface area contributed by atoms with Crippen LogP contribution in [0.1, 0.15) is 18.9 Å². The summed E-state index contributed by atoms with van der Waals surface area (Å²) >= 11 is 0. The minimum Gasteiger partial charge on any atom is -0.495 e. The van der Waals surface area contributed by atoms with Gasteiger partial charge in [0, 0.05) is 19.6 Å². The van der Waals surface area contributed by atoms with Gasteiger partial charge in [-0.2, -0.15) is 4.31 Å². The number of ether oxygens (including phenoxy) is 1. The molecule has 0 spiro atoms. The molecule has 0 atom stereocenters. The standard InChI is InChI=1S/C15H24N2O3S/c1-5-9-17(10-6-2)21(18,19)15-8-7-13(12-16-3)11-14(15)20-4/h5,7-8,11,16H,1,6,9-10,12H2,2-4H3. The summed E-state index contributed by atoms with van der Waals surface area (Å²) in [5.74, 6) is 0.368. The summed E-state index contributed by atoms with van der Waals surface area (Å²) < 4.78 is 32.2. The fourth-order valence-electron chi connectivity index (χ4n) is 2.08. The van der Waals surface area contributed by atoms with Crippen LogP contribution in [-0.4, -0.2) is 40.0 Å². The van der Waals surface area contributed by atoms with E-state index in [0.717, 1.165) is 12.0 Å². The third-order valence-corrected chi connectivity index (χ3v) is 4.94. The van der Waals surface area contributed by atoms with Crippen LogP contribution in [0.25, 0.3) is 0 Å². The fourth-order valence-corrected chi connectivity index (χ4v) is 3.72. The SMILES string of the molecule is C=CCN(CCC)S(=O)(=O)c1ccc(CNC)cc1OC. The number of hydrogen-bond acceptors (Lipinski definition) is 4. The van der Waals surface area contributed by atoms with Crippen molar-refractivity contribution in [2.45, 2.75) is 24.8 Å². The van der Waals surface area contributed by atoms with Crippen LogP contribution in [0.5, 0.6) is 5.75 Å². The highest BCUT2D eigenvalue weighted by Gasteiger charge is 2.26. The molecule has 0 unspecified atom stereocenters. The Labute approximate surface area is 127 Å². The van der Waals surface area contributed by atoms with Crippen LogP contribution in [-0.2, 0) is 16.6 Å². The molecule has 0 aliphatic rings. The average molecular weight is 312 g/mol. The molecule has 118 valence electrons. The lowest BCUT2D eigenvalue weighted by molar-refractivity contribution is 0.394. The summed E-state index contributed by atoms with van der Waals surface area (Å²) in [5.41, 5.74) is 0.971. The van der Waals surface area contributed by atoms with Crippen LogP contribution in [0.2, 0.25) is 0 Å². The van der Waals surface area contributed by atoms with Crippen LogP contribution in [0.15, 0.2) is 35.7 Å². The van der Waals surface area contributed by atoms with Crippen molar-refractivity contribution in [2.24, 2.45) is 0 Å². The van der Waals surface area contributed by atoms with Gasteiger partial charge in [0.05, 0.1) is 7.11 Å². The first kappa shape index (κ1) is 17.7. The van der Waals surface area contributed by atoms with Crippen molar-refractivity contribution in [3.8, 4) is 5.75 Å². The van der Waals surface area contributed by atoms with Gasteiger partial charge < -0.3 is 10.1 Å². The van der Waals surface area contributed by atoms with Crippen molar-refractivity contribution >= 4 is 10.0 Å². The molecular formula is C15H24N2O3S. The lowest BCUT2D eigenvalue weighted by atomic mass is 10.2. The van der Waals surface area contributed by atoms with E-state index >= 15 is 0 Å². The zero-order valence-electron chi connectivity index (χ0n) is 12.9. The predicted octanol–water partition coefficient (Wildman–Crippen LogP) is 2.00. The van der Waals surface area contributed by atoms with Crippen LogP contribution in [0.3, 0.4) is 0 Å². The van der Waals surface area contributed by atoms with Gasteiger partial charge in [-0.05, 0) is 31.2 Å². The average Bonchev–Trinajstić information content (AvgIpc) is 2.47. The summed E-state index contributed by atoms with van der Waals surface area (Å²) in [6, 6.07) is 5.15. The Hall–Kier alpha value is -1.37. The second kappa shape index (κ2) is 8.17. The van der Waals surface area contributed by atoms with Crippen molar-refractivity contribution in [3.05, 3.63) is 36.4 Å². The van der Waals surface area contributed by atoms with E-state index in [4.69, 9.17) is 4.74 Å². The number of rotatable bonds is 9. The molecule has 0 fully saturated rings. The van der Waals surface area contributed by atoms with Crippen LogP contribution < -0.4 is 10.1 Å². The topological polar surface area (TPSA) is 58.6 Å². The van der Waals surface area contributed by atoms with Crippen molar-refractivity contribution in [2.75, 3.05) is 27.2 Å². The lowest BCUT2D eigenvalue weighted by Gasteiger charge is -2.21. The molecule has 0 amide bonds. The molecule has 1 aromatic rings. The van der Waals surface area contributed by atoms with E-state index in [9.17, 15) is 8.42 Å². The third-order valence-electron chi connectivity index (χ3n) is 3.03. The van der Waals surface area contributed by atoms with E-state index < -0.39 is 10.0 Å². The normalized spacial score (nSPS) is 11.6. The monoisotopic (exact) mass is 312 g/mol. The fraction of sp³-hybridized carbons (Fsp3) is 0.467. The Balaban J connectivity index is 3.25. The van der Waals surface area contributed by atoms with Crippen molar-refractivity contribution in [1.29, 1.82) is 0 Å². The number of nitrogens with zero attached hydrogens (tertiary/aromatic N) is 1. The van der Waals surface area contributed by atoms with Gasteiger partial charge in [0.1, 0.15) is 10.6 Å². The predicted molar refractivity (Wildman–Crippen MR) is 85.0 cm³/mol. The maximum absolute atomic E-state index is 12.7. The quantitative estimate of drug-likeness (QED) is 0.709. The molecule has 0 bridgehead atoms. The van der Waals surface area contributed by atoms with E-state index in [2.05, 4.69) is 11.9 Å². The van der Waals surface area contributed by atoms with E-state index in [-0.39, 0.29) is 11.4 Å². The molecule has 0 saturated carbocycles. The zero-order chi connectivity index (χ0) is 15.9. The number of methoxy groups -OCH3 is 1. The zero-order valence-corrected chi connectivity index (χ0v) is 13.7. The van der Waals surface area contributed by atoms with Gasteiger partial charge in [-0.25, -0.2) is 8.42 Å². The molecule has 0 saturated heterocycles. The summed E-state index contributed by atoms with van der Waals surface area (Å²) in [7, 11) is -0.264. The molecule has 1 rings (SSSR count). The highest BCUT2D eigenvalue weighted by Crippen LogP contribution is 2.28. The Morgan fingerprint density at radius 2 is 2.14 bits per heavy atom. The Morgan fingerprint density at radius 3 is 2.67 bits per heavy atom. The van der Waals surface area contributed by atoms with Gasteiger partial charge in [0.2, 0.25) is 10.0 Å². The lowest BCUT2D eigenvalue weighted by Crippen LogP contribution is -2.32. The largest absolute Gasteiger partial charge is 0.495 e. The molecule has 1 aromatic carbocycles. The second-order valence-electron chi connectivity index (χ2n) is 4.67. The Morgan fingerprint density at radius 1 is 1.43 bits per heavy atom. The smallest absolute Gasteiger partial charge is 0.247 e. The maximum atomic E-state index is 12.7. The molecule has 0 aliphatic carbocycles. The van der Waals surface area contributed by atoms with Gasteiger partial charge in [-0.15, -0.1) is 6.58 Å². The van der Waals surface area contributed by atoms with Crippen LogP contribution in [0, 0.1) is 0 Å². The summed E-state index contributed by atoms with van der Waals surface area (Å²) in [6.45, 7) is 6.97. The number of hydrogen-bond donors (Lipinski definition) is 1. The first-order valence-corrected chi connectivity index (χ1v) is 8.37. The first-order chi connectivity index (χ1) is 10.0. The molecular weight excluding hydrogens is 288 g/mol. The molecule has 1 N–H and O–H groups in total. The molecule has 6 heteroatoms. The number of sulfonamides is 1. The second-order valence-corrected chi connectivity index (χ2v) is 6.57. The molecule has 0 radical (unpaired) electrons. The van der Waals surface area contributed by atoms with Crippen molar-refractivity contribution in [3.63, 3.8) is 0 Å². The van der Waals surface area contributed by atoms with Gasteiger partial charge in [0.25, 0.3) is 0 Å². The van der Waals surface area contributed by atoms with Gasteiger partial charge in [0.15, 0.2) is 0 Å². The van der Waals surface area contributed by atoms with Gasteiger partial charge in [-0.1, -0.05) is 19.1 Å². The molecule has 21 heavy (non-hydrogen) atoms. The minimum atomic E-state index is -3.58. The Kier molecular flexibility index (Phi) is 6.87. The first-order valence-electron chi connectivity index (χ1n) is 6.93. The van der Waals surface area contributed by atoms with E-state index in [1.165, 1.54) is 11.4 Å². The summed E-state index contributed by atoms with van der Waals surface area (Å²) in [4.78, 5) is 0.195. The Bertz CT molecular complexity index is 570. The number of nitrogens with one attached hydrogen (secondary N) is 1. The third kappa shape index (κ3) is 4.30. The van der Waals surface area contributed by atoms with E-state index in [0.29, 0.717) is 18.8 Å². The van der Waals surface area contributed by atoms with Crippen molar-refractivity contribution < 1.29 is 13.2 Å². The molecule has 5 nitrogen and oxygen atoms in total. The minimum absolute atomic E-state index is 0.195. The highest BCUT2D eigenvalue weighted by atomic mass is 32.2. The molecule has 0 aromatic heterocycles. The van der Waals surface area contributed by atoms with Gasteiger partial charge in [-0.3, -0.25) is 0 Å². The van der Waals surface area contributed by atoms with Crippen molar-refractivity contribution in [1.82, 2.24) is 9.62 Å². The van der Waals surface area contributed by atoms with E-state index in [1.54, 1.807) is 24.3 Å². The molecule has 0 aliphatic heterocycles. The highest BCUT2D eigenvalue weighted by molar-refractivity contribution is 7.89.